The Kier molecular flexibility index (Phi) is 5.04. The predicted octanol–water partition coefficient (Wildman–Crippen LogP) is 3.88. The highest BCUT2D eigenvalue weighted by atomic mass is 79.9. The SMILES string of the molecule is Cc1ccc(C(CN)N(CC2CC2)C(C)C)c(Br)c1. The van der Waals surface area contributed by atoms with E-state index >= 15 is 0 Å². The van der Waals surface area contributed by atoms with Crippen molar-refractivity contribution in [2.75, 3.05) is 13.1 Å². The predicted molar refractivity (Wildman–Crippen MR) is 85.2 cm³/mol. The van der Waals surface area contributed by atoms with Crippen LogP contribution in [-0.2, 0) is 0 Å². The van der Waals surface area contributed by atoms with Crippen molar-refractivity contribution < 1.29 is 0 Å². The smallest absolute Gasteiger partial charge is 0.0484 e. The summed E-state index contributed by atoms with van der Waals surface area (Å²) in [5.74, 6) is 0.890. The monoisotopic (exact) mass is 324 g/mol. The molecule has 0 spiro atoms. The zero-order chi connectivity index (χ0) is 14.0. The van der Waals surface area contributed by atoms with Crippen molar-refractivity contribution in [3.05, 3.63) is 33.8 Å². The highest BCUT2D eigenvalue weighted by Gasteiger charge is 2.30. The van der Waals surface area contributed by atoms with Crippen LogP contribution in [0.15, 0.2) is 22.7 Å². The van der Waals surface area contributed by atoms with E-state index in [2.05, 4.69) is 59.8 Å². The molecule has 0 amide bonds. The molecule has 0 aliphatic heterocycles. The van der Waals surface area contributed by atoms with Crippen LogP contribution in [0.4, 0.5) is 0 Å². The summed E-state index contributed by atoms with van der Waals surface area (Å²) < 4.78 is 1.18. The van der Waals surface area contributed by atoms with Crippen LogP contribution in [-0.4, -0.2) is 24.0 Å². The second-order valence-corrected chi connectivity index (χ2v) is 6.86. The Morgan fingerprint density at radius 1 is 1.37 bits per heavy atom. The van der Waals surface area contributed by atoms with Gasteiger partial charge in [0.15, 0.2) is 0 Å². The summed E-state index contributed by atoms with van der Waals surface area (Å²) in [6.07, 6.45) is 2.77. The highest BCUT2D eigenvalue weighted by Crippen LogP contribution is 2.35. The third-order valence-electron chi connectivity index (χ3n) is 3.97. The van der Waals surface area contributed by atoms with E-state index in [4.69, 9.17) is 5.73 Å². The highest BCUT2D eigenvalue weighted by molar-refractivity contribution is 9.10. The van der Waals surface area contributed by atoms with E-state index in [0.29, 0.717) is 18.6 Å². The first-order valence-corrected chi connectivity index (χ1v) is 8.04. The molecule has 1 saturated carbocycles. The molecular formula is C16H25BrN2. The lowest BCUT2D eigenvalue weighted by atomic mass is 10.0. The third-order valence-corrected chi connectivity index (χ3v) is 4.65. The van der Waals surface area contributed by atoms with Gasteiger partial charge in [-0.15, -0.1) is 0 Å². The molecule has 1 aliphatic carbocycles. The zero-order valence-corrected chi connectivity index (χ0v) is 13.8. The molecule has 0 bridgehead atoms. The average Bonchev–Trinajstić information content (AvgIpc) is 3.14. The molecule has 106 valence electrons. The van der Waals surface area contributed by atoms with Gasteiger partial charge < -0.3 is 5.73 Å². The van der Waals surface area contributed by atoms with Gasteiger partial charge in [0.2, 0.25) is 0 Å². The van der Waals surface area contributed by atoms with Gasteiger partial charge in [-0.05, 0) is 56.7 Å². The van der Waals surface area contributed by atoms with E-state index in [0.717, 1.165) is 5.92 Å². The summed E-state index contributed by atoms with van der Waals surface area (Å²) in [5.41, 5.74) is 8.69. The van der Waals surface area contributed by atoms with E-state index in [1.165, 1.54) is 35.0 Å². The van der Waals surface area contributed by atoms with Gasteiger partial charge in [0.1, 0.15) is 0 Å². The first-order chi connectivity index (χ1) is 9.02. The van der Waals surface area contributed by atoms with Gasteiger partial charge in [0.05, 0.1) is 0 Å². The molecule has 2 rings (SSSR count). The number of nitrogens with zero attached hydrogens (tertiary/aromatic N) is 1. The minimum Gasteiger partial charge on any atom is -0.329 e. The van der Waals surface area contributed by atoms with Crippen LogP contribution in [0.5, 0.6) is 0 Å². The molecule has 2 nitrogen and oxygen atoms in total. The number of benzene rings is 1. The molecule has 0 radical (unpaired) electrons. The molecule has 19 heavy (non-hydrogen) atoms. The van der Waals surface area contributed by atoms with Gasteiger partial charge in [0, 0.05) is 29.6 Å². The number of rotatable bonds is 6. The Hall–Kier alpha value is -0.380. The second-order valence-electron chi connectivity index (χ2n) is 6.01. The van der Waals surface area contributed by atoms with E-state index in [1.807, 2.05) is 0 Å². The topological polar surface area (TPSA) is 29.3 Å². The molecule has 1 atom stereocenters. The maximum absolute atomic E-state index is 6.08. The van der Waals surface area contributed by atoms with Gasteiger partial charge in [-0.3, -0.25) is 4.90 Å². The summed E-state index contributed by atoms with van der Waals surface area (Å²) in [7, 11) is 0. The van der Waals surface area contributed by atoms with Crippen LogP contribution in [0.2, 0.25) is 0 Å². The molecule has 1 aromatic rings. The third kappa shape index (κ3) is 3.80. The van der Waals surface area contributed by atoms with Crippen molar-refractivity contribution in [3.8, 4) is 0 Å². The number of hydrogen-bond donors (Lipinski definition) is 1. The van der Waals surface area contributed by atoms with E-state index in [-0.39, 0.29) is 0 Å². The number of hydrogen-bond acceptors (Lipinski definition) is 2. The average molecular weight is 325 g/mol. The fraction of sp³-hybridized carbons (Fsp3) is 0.625. The fourth-order valence-electron chi connectivity index (χ4n) is 2.64. The zero-order valence-electron chi connectivity index (χ0n) is 12.2. The number of aryl methyl sites for hydroxylation is 1. The van der Waals surface area contributed by atoms with Crippen molar-refractivity contribution in [1.82, 2.24) is 4.90 Å². The van der Waals surface area contributed by atoms with Crippen molar-refractivity contribution >= 4 is 15.9 Å². The molecular weight excluding hydrogens is 300 g/mol. The first-order valence-electron chi connectivity index (χ1n) is 7.24. The minimum absolute atomic E-state index is 0.315. The molecule has 0 heterocycles. The lowest BCUT2D eigenvalue weighted by Crippen LogP contribution is -2.40. The van der Waals surface area contributed by atoms with Crippen molar-refractivity contribution in [3.63, 3.8) is 0 Å². The molecule has 1 fully saturated rings. The van der Waals surface area contributed by atoms with E-state index in [9.17, 15) is 0 Å². The lowest BCUT2D eigenvalue weighted by Gasteiger charge is -2.35. The Labute approximate surface area is 125 Å². The molecule has 0 aromatic heterocycles. The summed E-state index contributed by atoms with van der Waals surface area (Å²) in [6.45, 7) is 8.52. The largest absolute Gasteiger partial charge is 0.329 e. The van der Waals surface area contributed by atoms with Crippen LogP contribution < -0.4 is 5.73 Å². The summed E-state index contributed by atoms with van der Waals surface area (Å²) in [5, 5.41) is 0. The Morgan fingerprint density at radius 3 is 2.53 bits per heavy atom. The first kappa shape index (κ1) is 15.0. The normalized spacial score (nSPS) is 17.2. The van der Waals surface area contributed by atoms with Gasteiger partial charge in [-0.2, -0.15) is 0 Å². The number of nitrogens with two attached hydrogens (primary N) is 1. The van der Waals surface area contributed by atoms with Crippen molar-refractivity contribution in [2.45, 2.75) is 45.7 Å². The Morgan fingerprint density at radius 2 is 2.05 bits per heavy atom. The molecule has 1 aromatic carbocycles. The van der Waals surface area contributed by atoms with E-state index < -0.39 is 0 Å². The van der Waals surface area contributed by atoms with Crippen LogP contribution in [0.3, 0.4) is 0 Å². The lowest BCUT2D eigenvalue weighted by molar-refractivity contribution is 0.149. The van der Waals surface area contributed by atoms with Gasteiger partial charge in [0.25, 0.3) is 0 Å². The van der Waals surface area contributed by atoms with Gasteiger partial charge in [-0.1, -0.05) is 28.1 Å². The molecule has 2 N–H and O–H groups in total. The molecule has 3 heteroatoms. The van der Waals surface area contributed by atoms with Crippen LogP contribution in [0.1, 0.15) is 43.9 Å². The summed E-state index contributed by atoms with van der Waals surface area (Å²) in [6, 6.07) is 7.43. The fourth-order valence-corrected chi connectivity index (χ4v) is 3.40. The van der Waals surface area contributed by atoms with Crippen molar-refractivity contribution in [1.29, 1.82) is 0 Å². The quantitative estimate of drug-likeness (QED) is 0.860. The van der Waals surface area contributed by atoms with Crippen LogP contribution >= 0.6 is 15.9 Å². The van der Waals surface area contributed by atoms with Crippen molar-refractivity contribution in [2.24, 2.45) is 11.7 Å². The van der Waals surface area contributed by atoms with Crippen LogP contribution in [0.25, 0.3) is 0 Å². The molecule has 1 unspecified atom stereocenters. The standard InChI is InChI=1S/C16H25BrN2/c1-11(2)19(10-13-5-6-13)16(9-18)14-7-4-12(3)8-15(14)17/h4,7-8,11,13,16H,5-6,9-10,18H2,1-3H3. The molecule has 1 aliphatic rings. The summed E-state index contributed by atoms with van der Waals surface area (Å²) >= 11 is 3.71. The maximum atomic E-state index is 6.08. The molecule has 0 saturated heterocycles. The van der Waals surface area contributed by atoms with Gasteiger partial charge in [-0.25, -0.2) is 0 Å². The summed E-state index contributed by atoms with van der Waals surface area (Å²) in [4.78, 5) is 2.56. The number of halogens is 1. The Balaban J connectivity index is 2.24. The van der Waals surface area contributed by atoms with Gasteiger partial charge >= 0.3 is 0 Å². The van der Waals surface area contributed by atoms with Crippen LogP contribution in [0, 0.1) is 12.8 Å². The Bertz CT molecular complexity index is 427. The minimum atomic E-state index is 0.315. The second kappa shape index (κ2) is 6.38. The van der Waals surface area contributed by atoms with E-state index in [1.54, 1.807) is 0 Å². The maximum Gasteiger partial charge on any atom is 0.0484 e.